The summed E-state index contributed by atoms with van der Waals surface area (Å²) in [6.45, 7) is 5.36. The molecule has 1 saturated carbocycles. The molecule has 1 aliphatic carbocycles. The molecule has 0 spiro atoms. The van der Waals surface area contributed by atoms with Crippen molar-refractivity contribution >= 4 is 5.91 Å². The number of aromatic nitrogens is 2. The van der Waals surface area contributed by atoms with Crippen LogP contribution < -0.4 is 4.74 Å². The van der Waals surface area contributed by atoms with Crippen LogP contribution in [0.2, 0.25) is 0 Å². The molecule has 1 aromatic heterocycles. The zero-order valence-corrected chi connectivity index (χ0v) is 16.1. The fourth-order valence-corrected chi connectivity index (χ4v) is 3.98. The summed E-state index contributed by atoms with van der Waals surface area (Å²) in [5.41, 5.74) is 1.04. The predicted molar refractivity (Wildman–Crippen MR) is 105 cm³/mol. The quantitative estimate of drug-likeness (QED) is 0.751. The van der Waals surface area contributed by atoms with E-state index in [2.05, 4.69) is 15.7 Å². The Morgan fingerprint density at radius 2 is 2.04 bits per heavy atom. The Hall–Kier alpha value is -2.30. The fourth-order valence-electron chi connectivity index (χ4n) is 3.98. The number of hydrogen-bond donors (Lipinski definition) is 0. The average Bonchev–Trinajstić information content (AvgIpc) is 3.38. The monoisotopic (exact) mass is 367 g/mol. The molecule has 0 unspecified atom stereocenters. The van der Waals surface area contributed by atoms with E-state index in [4.69, 9.17) is 4.74 Å². The van der Waals surface area contributed by atoms with Crippen LogP contribution in [0.4, 0.5) is 0 Å². The van der Waals surface area contributed by atoms with Gasteiger partial charge in [-0.3, -0.25) is 4.79 Å². The molecule has 0 radical (unpaired) electrons. The first kappa shape index (κ1) is 18.1. The van der Waals surface area contributed by atoms with Crippen molar-refractivity contribution in [3.8, 4) is 5.75 Å². The highest BCUT2D eigenvalue weighted by Gasteiger charge is 2.29. The van der Waals surface area contributed by atoms with Crippen molar-refractivity contribution < 1.29 is 9.53 Å². The molecule has 1 aliphatic heterocycles. The molecule has 2 heterocycles. The Balaban J connectivity index is 1.37. The number of imidazole rings is 1. The number of ether oxygens (including phenoxy) is 1. The van der Waals surface area contributed by atoms with Crippen LogP contribution in [0.1, 0.15) is 49.9 Å². The number of carbonyl (C=O) groups excluding carboxylic acids is 1. The van der Waals surface area contributed by atoms with Gasteiger partial charge in [-0.15, -0.1) is 0 Å². The lowest BCUT2D eigenvalue weighted by atomic mass is 9.96. The van der Waals surface area contributed by atoms with E-state index in [9.17, 15) is 4.79 Å². The third-order valence-corrected chi connectivity index (χ3v) is 5.63. The first-order valence-electron chi connectivity index (χ1n) is 10.2. The average molecular weight is 367 g/mol. The second kappa shape index (κ2) is 8.15. The van der Waals surface area contributed by atoms with E-state index in [-0.39, 0.29) is 5.91 Å². The Bertz CT molecular complexity index is 764. The van der Waals surface area contributed by atoms with Gasteiger partial charge in [-0.2, -0.15) is 0 Å². The van der Waals surface area contributed by atoms with Crippen molar-refractivity contribution in [2.75, 3.05) is 19.7 Å². The molecule has 1 saturated heterocycles. The molecular weight excluding hydrogens is 338 g/mol. The molecule has 2 aromatic rings. The number of hydrogen-bond acceptors (Lipinski definition) is 3. The van der Waals surface area contributed by atoms with Crippen LogP contribution in [0.5, 0.6) is 5.75 Å². The van der Waals surface area contributed by atoms with E-state index >= 15 is 0 Å². The van der Waals surface area contributed by atoms with Gasteiger partial charge in [0, 0.05) is 37.9 Å². The van der Waals surface area contributed by atoms with Crippen LogP contribution in [-0.4, -0.2) is 40.1 Å². The molecule has 2 fully saturated rings. The molecular formula is C22H29N3O2. The predicted octanol–water partition coefficient (Wildman–Crippen LogP) is 3.64. The van der Waals surface area contributed by atoms with Crippen molar-refractivity contribution in [1.82, 2.24) is 14.5 Å². The Kier molecular flexibility index (Phi) is 5.46. The molecule has 0 N–H and O–H groups in total. The van der Waals surface area contributed by atoms with E-state index in [1.54, 1.807) is 0 Å². The third-order valence-electron chi connectivity index (χ3n) is 5.63. The molecule has 1 amide bonds. The van der Waals surface area contributed by atoms with Crippen molar-refractivity contribution in [2.24, 2.45) is 5.92 Å². The van der Waals surface area contributed by atoms with E-state index in [1.807, 2.05) is 42.3 Å². The van der Waals surface area contributed by atoms with E-state index in [0.29, 0.717) is 18.9 Å². The van der Waals surface area contributed by atoms with Crippen molar-refractivity contribution in [3.05, 3.63) is 48.0 Å². The molecule has 144 valence electrons. The van der Waals surface area contributed by atoms with E-state index in [0.717, 1.165) is 49.7 Å². The second-order valence-electron chi connectivity index (χ2n) is 7.81. The molecule has 1 atom stereocenters. The lowest BCUT2D eigenvalue weighted by Gasteiger charge is -2.33. The molecule has 27 heavy (non-hydrogen) atoms. The number of benzene rings is 1. The highest BCUT2D eigenvalue weighted by Crippen LogP contribution is 2.33. The minimum absolute atomic E-state index is 0.212. The van der Waals surface area contributed by atoms with Gasteiger partial charge in [0.05, 0.1) is 13.0 Å². The van der Waals surface area contributed by atoms with E-state index < -0.39 is 0 Å². The van der Waals surface area contributed by atoms with Crippen LogP contribution in [-0.2, 0) is 17.8 Å². The fraction of sp³-hybridized carbons (Fsp3) is 0.545. The Labute approximate surface area is 161 Å². The van der Waals surface area contributed by atoms with Gasteiger partial charge < -0.3 is 14.2 Å². The number of amides is 1. The number of likely N-dealkylation sites (tertiary alicyclic amines) is 1. The van der Waals surface area contributed by atoms with Crippen LogP contribution in [0.3, 0.4) is 0 Å². The van der Waals surface area contributed by atoms with Crippen molar-refractivity contribution in [1.29, 1.82) is 0 Å². The normalized spacial score (nSPS) is 19.9. The van der Waals surface area contributed by atoms with Gasteiger partial charge in [0.2, 0.25) is 5.91 Å². The lowest BCUT2D eigenvalue weighted by molar-refractivity contribution is -0.131. The third kappa shape index (κ3) is 4.52. The summed E-state index contributed by atoms with van der Waals surface area (Å²) in [6, 6.07) is 7.87. The number of nitrogens with zero attached hydrogens (tertiary/aromatic N) is 3. The van der Waals surface area contributed by atoms with Crippen LogP contribution in [0.15, 0.2) is 36.7 Å². The highest BCUT2D eigenvalue weighted by atomic mass is 16.5. The van der Waals surface area contributed by atoms with Crippen LogP contribution in [0.25, 0.3) is 0 Å². The molecule has 5 nitrogen and oxygen atoms in total. The topological polar surface area (TPSA) is 47.4 Å². The van der Waals surface area contributed by atoms with Gasteiger partial charge in [0.1, 0.15) is 11.6 Å². The number of piperidine rings is 1. The van der Waals surface area contributed by atoms with Gasteiger partial charge in [0.25, 0.3) is 0 Å². The Morgan fingerprint density at radius 3 is 2.78 bits per heavy atom. The maximum atomic E-state index is 12.8. The first-order valence-corrected chi connectivity index (χ1v) is 10.2. The van der Waals surface area contributed by atoms with E-state index in [1.165, 1.54) is 18.7 Å². The standard InChI is InChI=1S/C22H29N3O2/c1-2-27-20-9-7-17(8-10-20)14-21(26)24-12-3-4-19(16-24)22-23-11-13-25(22)15-18-5-6-18/h7-11,13,18-19H,2-6,12,14-16H2,1H3/t19-/m0/s1. The summed E-state index contributed by atoms with van der Waals surface area (Å²) < 4.78 is 7.80. The summed E-state index contributed by atoms with van der Waals surface area (Å²) in [7, 11) is 0. The smallest absolute Gasteiger partial charge is 0.227 e. The molecule has 5 heteroatoms. The minimum Gasteiger partial charge on any atom is -0.494 e. The lowest BCUT2D eigenvalue weighted by Crippen LogP contribution is -2.40. The molecule has 0 bridgehead atoms. The first-order chi connectivity index (χ1) is 13.2. The SMILES string of the molecule is CCOc1ccc(CC(=O)N2CCC[C@H](c3nccn3CC3CC3)C2)cc1. The zero-order chi connectivity index (χ0) is 18.6. The molecule has 2 aliphatic rings. The minimum atomic E-state index is 0.212. The van der Waals surface area contributed by atoms with Gasteiger partial charge in [-0.1, -0.05) is 12.1 Å². The number of carbonyl (C=O) groups is 1. The number of rotatable bonds is 7. The summed E-state index contributed by atoms with van der Waals surface area (Å²) in [6.07, 6.45) is 9.33. The second-order valence-corrected chi connectivity index (χ2v) is 7.81. The highest BCUT2D eigenvalue weighted by molar-refractivity contribution is 5.79. The van der Waals surface area contributed by atoms with Crippen molar-refractivity contribution in [2.45, 2.75) is 51.5 Å². The summed E-state index contributed by atoms with van der Waals surface area (Å²) in [5.74, 6) is 3.43. The van der Waals surface area contributed by atoms with Crippen molar-refractivity contribution in [3.63, 3.8) is 0 Å². The zero-order valence-electron chi connectivity index (χ0n) is 16.1. The van der Waals surface area contributed by atoms with Gasteiger partial charge in [-0.25, -0.2) is 4.98 Å². The summed E-state index contributed by atoms with van der Waals surface area (Å²) in [5, 5.41) is 0. The molecule has 1 aromatic carbocycles. The van der Waals surface area contributed by atoms with Gasteiger partial charge >= 0.3 is 0 Å². The van der Waals surface area contributed by atoms with Crippen LogP contribution in [0, 0.1) is 5.92 Å². The Morgan fingerprint density at radius 1 is 1.22 bits per heavy atom. The summed E-state index contributed by atoms with van der Waals surface area (Å²) >= 11 is 0. The summed E-state index contributed by atoms with van der Waals surface area (Å²) in [4.78, 5) is 19.5. The largest absolute Gasteiger partial charge is 0.494 e. The van der Waals surface area contributed by atoms with Gasteiger partial charge in [-0.05, 0) is 56.2 Å². The van der Waals surface area contributed by atoms with Gasteiger partial charge in [0.15, 0.2) is 0 Å². The maximum absolute atomic E-state index is 12.8. The van der Waals surface area contributed by atoms with Crippen LogP contribution >= 0.6 is 0 Å². The maximum Gasteiger partial charge on any atom is 0.227 e. The molecule has 4 rings (SSSR count).